The summed E-state index contributed by atoms with van der Waals surface area (Å²) in [7, 11) is 0. The second kappa shape index (κ2) is 16.7. The molecule has 75 heavy (non-hydrogen) atoms. The van der Waals surface area contributed by atoms with E-state index in [-0.39, 0.29) is 16.7 Å². The topological polar surface area (TPSA) is 35.9 Å². The Hall–Kier alpha value is -8.02. The second-order valence-corrected chi connectivity index (χ2v) is 21.7. The zero-order valence-corrected chi connectivity index (χ0v) is 42.3. The molecule has 0 saturated heterocycles. The molecule has 3 aromatic heterocycles. The molecule has 1 aliphatic heterocycles. The van der Waals surface area contributed by atoms with Gasteiger partial charge in [0, 0.05) is 45.0 Å². The van der Waals surface area contributed by atoms with Crippen molar-refractivity contribution in [3.63, 3.8) is 0 Å². The Labute approximate surface area is 468 Å². The summed E-state index contributed by atoms with van der Waals surface area (Å²) in [5, 5.41) is 2.02. The zero-order chi connectivity index (χ0) is 68.0. The molecule has 0 fully saturated rings. The number of nitrogens with zero attached hydrogens (tertiary/aromatic N) is 4. The lowest BCUT2D eigenvalue weighted by Gasteiger charge is -2.42. The lowest BCUT2D eigenvalue weighted by Crippen LogP contribution is -2.34. The van der Waals surface area contributed by atoms with E-state index in [4.69, 9.17) is 26.2 Å². The molecular formula is C70H64N4O. The molecule has 11 aromatic rings. The van der Waals surface area contributed by atoms with Gasteiger partial charge in [0.25, 0.3) is 6.33 Å². The van der Waals surface area contributed by atoms with Gasteiger partial charge >= 0.3 is 0 Å². The number of hydrogen-bond donors (Lipinski definition) is 0. The van der Waals surface area contributed by atoms with Crippen LogP contribution in [0.2, 0.25) is 0 Å². The van der Waals surface area contributed by atoms with E-state index in [2.05, 4.69) is 49.9 Å². The summed E-state index contributed by atoms with van der Waals surface area (Å²) in [5.74, 6) is 1.68. The van der Waals surface area contributed by atoms with Crippen molar-refractivity contribution >= 4 is 32.8 Å². The molecular weight excluding hydrogens is 913 g/mol. The first-order chi connectivity index (χ1) is 43.7. The number of aromatic nitrogens is 4. The molecule has 0 amide bonds. The molecule has 0 radical (unpaired) electrons. The van der Waals surface area contributed by atoms with Crippen molar-refractivity contribution in [2.24, 2.45) is 0 Å². The predicted octanol–water partition coefficient (Wildman–Crippen LogP) is 17.9. The van der Waals surface area contributed by atoms with E-state index in [0.29, 0.717) is 44.9 Å². The van der Waals surface area contributed by atoms with Gasteiger partial charge in [-0.2, -0.15) is 0 Å². The van der Waals surface area contributed by atoms with Gasteiger partial charge in [-0.3, -0.25) is 13.7 Å². The van der Waals surface area contributed by atoms with Crippen LogP contribution in [-0.2, 0) is 21.7 Å². The van der Waals surface area contributed by atoms with Crippen LogP contribution in [0.3, 0.4) is 0 Å². The average molecular weight is 996 g/mol. The summed E-state index contributed by atoms with van der Waals surface area (Å²) >= 11 is 0. The Kier molecular flexibility index (Phi) is 6.78. The van der Waals surface area contributed by atoms with Crippen LogP contribution in [0.1, 0.15) is 130 Å². The number of hydrogen-bond acceptors (Lipinski definition) is 2. The molecule has 4 heterocycles. The number of imidazole rings is 1. The minimum Gasteiger partial charge on any atom is -0.458 e. The SMILES string of the molecule is [2H]c1c([2H])c2c(c([2H])c1-c1cccc3c1-[n+]1[c-]n(-c4cccc(Oc5ccc6c7ccccc7n(-c7cc(C(C)(C)C)ccn7)c6c5)c4)c4cccc(c41)-c1ccccc1-c1ccc(C(C)(C)C)cc1-3)C(C([2H])([2H])[2H])(C([2H])([2H])[2H])C([2H])([2H])C([2H])([2H])C2(C([2H])([2H])[2H])C([2H])([2H])[2H]. The summed E-state index contributed by atoms with van der Waals surface area (Å²) < 4.78 is 189. The van der Waals surface area contributed by atoms with Crippen molar-refractivity contribution in [3.05, 3.63) is 211 Å². The number of rotatable bonds is 5. The van der Waals surface area contributed by atoms with Crippen LogP contribution in [0.5, 0.6) is 11.5 Å². The molecule has 0 saturated carbocycles. The second-order valence-electron chi connectivity index (χ2n) is 21.7. The molecule has 5 nitrogen and oxygen atoms in total. The third-order valence-electron chi connectivity index (χ3n) is 14.7. The minimum absolute atomic E-state index is 0.124. The Morgan fingerprint density at radius 2 is 1.21 bits per heavy atom. The summed E-state index contributed by atoms with van der Waals surface area (Å²) in [6.45, 7) is -4.35. The van der Waals surface area contributed by atoms with Crippen molar-refractivity contribution < 1.29 is 35.3 Å². The van der Waals surface area contributed by atoms with Crippen molar-refractivity contribution in [3.8, 4) is 73.2 Å². The van der Waals surface area contributed by atoms with Crippen LogP contribution in [0.15, 0.2) is 182 Å². The fraction of sp³-hybridized carbons (Fsp3) is 0.229. The Bertz CT molecular complexity index is 4950. The molecule has 0 unspecified atom stereocenters. The van der Waals surface area contributed by atoms with E-state index in [1.807, 2.05) is 148 Å². The standard InChI is InChI=1S/C70H64N4O/c1-67(2,3)45-29-31-53-51-20-11-12-21-52(51)56-25-17-27-62-66(56)73(65-50(23-16-24-57(65)58(53)39-45)44-28-33-59-60(38-44)70(9,10)36-35-69(59,7)8)43-72(62)47-18-15-19-48(41-47)75-49-30-32-55-54-22-13-14-26-61(54)74(63(55)42-49)64-40-46(34-37-71-64)68(4,5)6/h11-34,37-42H,35-36H2,1-10H3/i7D3,8D3,9D3,10D3,28D,33D,35D2,36D2,38D. The molecule has 5 heteroatoms. The van der Waals surface area contributed by atoms with Gasteiger partial charge < -0.3 is 4.74 Å². The summed E-state index contributed by atoms with van der Waals surface area (Å²) in [6, 6.07) is 45.9. The predicted molar refractivity (Wildman–Crippen MR) is 310 cm³/mol. The summed E-state index contributed by atoms with van der Waals surface area (Å²) in [5.41, 5.74) is -3.72. The molecule has 2 aliphatic rings. The van der Waals surface area contributed by atoms with Gasteiger partial charge in [0.15, 0.2) is 0 Å². The zero-order valence-electron chi connectivity index (χ0n) is 61.3. The first kappa shape index (κ1) is 30.4. The quantitative estimate of drug-likeness (QED) is 0.127. The highest BCUT2D eigenvalue weighted by Crippen LogP contribution is 2.50. The average Bonchev–Trinajstić information content (AvgIpc) is 0.736. The van der Waals surface area contributed by atoms with Gasteiger partial charge in [-0.15, -0.1) is 0 Å². The number of ether oxygens (including phenoxy) is 1. The number of pyridine rings is 1. The molecule has 0 atom stereocenters. The Morgan fingerprint density at radius 1 is 0.573 bits per heavy atom. The van der Waals surface area contributed by atoms with Gasteiger partial charge in [0.1, 0.15) is 17.3 Å². The third kappa shape index (κ3) is 7.64. The highest BCUT2D eigenvalue weighted by atomic mass is 16.5. The van der Waals surface area contributed by atoms with Crippen LogP contribution >= 0.6 is 0 Å². The first-order valence-corrected chi connectivity index (χ1v) is 25.0. The van der Waals surface area contributed by atoms with Gasteiger partial charge in [0.05, 0.1) is 37.6 Å². The maximum atomic E-state index is 10.4. The van der Waals surface area contributed by atoms with Crippen molar-refractivity contribution in [2.75, 3.05) is 0 Å². The fourth-order valence-corrected chi connectivity index (χ4v) is 10.9. The maximum Gasteiger partial charge on any atom is 0.269 e. The minimum atomic E-state index is -4.52. The van der Waals surface area contributed by atoms with Crippen molar-refractivity contribution in [1.29, 1.82) is 0 Å². The van der Waals surface area contributed by atoms with E-state index in [9.17, 15) is 9.60 Å². The van der Waals surface area contributed by atoms with Crippen molar-refractivity contribution in [2.45, 2.75) is 103 Å². The van der Waals surface area contributed by atoms with Crippen LogP contribution in [-0.4, -0.2) is 14.1 Å². The molecule has 0 spiro atoms. The summed E-state index contributed by atoms with van der Waals surface area (Å²) in [4.78, 5) is 4.86. The van der Waals surface area contributed by atoms with E-state index in [1.54, 1.807) is 21.3 Å². The molecule has 0 N–H and O–H groups in total. The molecule has 370 valence electrons. The van der Waals surface area contributed by atoms with Crippen LogP contribution in [0, 0.1) is 6.33 Å². The lowest BCUT2D eigenvalue weighted by molar-refractivity contribution is -0.570. The largest absolute Gasteiger partial charge is 0.458 e. The molecule has 1 aliphatic carbocycles. The van der Waals surface area contributed by atoms with Crippen LogP contribution in [0.4, 0.5) is 0 Å². The van der Waals surface area contributed by atoms with Crippen molar-refractivity contribution in [1.82, 2.24) is 14.1 Å². The van der Waals surface area contributed by atoms with Gasteiger partial charge in [-0.05, 0) is 150 Å². The van der Waals surface area contributed by atoms with E-state index in [0.717, 1.165) is 55.4 Å². The normalized spacial score (nSPS) is 20.4. The lowest BCUT2D eigenvalue weighted by atomic mass is 9.63. The Balaban J connectivity index is 1.11. The number of para-hydroxylation sites is 3. The highest BCUT2D eigenvalue weighted by Gasteiger charge is 2.37. The third-order valence-corrected chi connectivity index (χ3v) is 14.7. The highest BCUT2D eigenvalue weighted by molar-refractivity contribution is 6.09. The first-order valence-electron chi connectivity index (χ1n) is 34.5. The maximum absolute atomic E-state index is 10.4. The molecule has 8 aromatic carbocycles. The van der Waals surface area contributed by atoms with Gasteiger partial charge in [-0.25, -0.2) is 4.98 Å². The molecule has 0 bridgehead atoms. The number of fused-ring (bicyclic) bond motifs is 11. The smallest absolute Gasteiger partial charge is 0.269 e. The van der Waals surface area contributed by atoms with E-state index in [1.165, 1.54) is 6.07 Å². The summed E-state index contributed by atoms with van der Waals surface area (Å²) in [6.07, 6.45) is -3.59. The van der Waals surface area contributed by atoms with E-state index < -0.39 is 91.2 Å². The Morgan fingerprint density at radius 3 is 2.01 bits per heavy atom. The van der Waals surface area contributed by atoms with Crippen LogP contribution < -0.4 is 9.30 Å². The monoisotopic (exact) mass is 996 g/mol. The number of benzene rings is 8. The van der Waals surface area contributed by atoms with Gasteiger partial charge in [-0.1, -0.05) is 190 Å². The van der Waals surface area contributed by atoms with Gasteiger partial charge in [0.2, 0.25) is 0 Å². The van der Waals surface area contributed by atoms with Crippen LogP contribution in [0.25, 0.3) is 94.5 Å². The molecule has 13 rings (SSSR count). The fourth-order valence-electron chi connectivity index (χ4n) is 10.9. The van der Waals surface area contributed by atoms with E-state index >= 15 is 0 Å².